The molecule has 0 heterocycles. The quantitative estimate of drug-likeness (QED) is 0.749. The summed E-state index contributed by atoms with van der Waals surface area (Å²) in [5, 5.41) is 6.05. The second kappa shape index (κ2) is 9.91. The Kier molecular flexibility index (Phi) is 7.03. The maximum Gasteiger partial charge on any atom is 0.223 e. The number of hydrogen-bond donors (Lipinski definition) is 2. The molecule has 0 saturated heterocycles. The van der Waals surface area contributed by atoms with Crippen LogP contribution in [0.1, 0.15) is 49.3 Å². The highest BCUT2D eigenvalue weighted by molar-refractivity contribution is 5.80. The molecule has 1 atom stereocenters. The molecule has 4 heteroatoms. The van der Waals surface area contributed by atoms with Crippen LogP contribution < -0.4 is 10.6 Å². The Hall–Kier alpha value is -2.62. The standard InChI is InChI=1S/C23H28N2O2/c26-22(15-16-24-23(27)20-13-7-8-14-20)25-21(19-11-5-2-6-12-19)17-18-9-3-1-4-10-18/h1-6,9-12,20-21H,7-8,13-17H2,(H,24,27)(H,25,26). The van der Waals surface area contributed by atoms with Gasteiger partial charge in [-0.05, 0) is 30.4 Å². The van der Waals surface area contributed by atoms with E-state index in [1.807, 2.05) is 48.5 Å². The second-order valence-corrected chi connectivity index (χ2v) is 7.24. The summed E-state index contributed by atoms with van der Waals surface area (Å²) in [7, 11) is 0. The molecule has 142 valence electrons. The van der Waals surface area contributed by atoms with Crippen LogP contribution in [0.3, 0.4) is 0 Å². The summed E-state index contributed by atoms with van der Waals surface area (Å²) in [5.41, 5.74) is 2.27. The van der Waals surface area contributed by atoms with Crippen LogP contribution in [-0.4, -0.2) is 18.4 Å². The van der Waals surface area contributed by atoms with Crippen molar-refractivity contribution in [1.29, 1.82) is 0 Å². The van der Waals surface area contributed by atoms with Crippen molar-refractivity contribution in [2.24, 2.45) is 5.92 Å². The van der Waals surface area contributed by atoms with Crippen LogP contribution in [0.5, 0.6) is 0 Å². The number of hydrogen-bond acceptors (Lipinski definition) is 2. The summed E-state index contributed by atoms with van der Waals surface area (Å²) >= 11 is 0. The van der Waals surface area contributed by atoms with Gasteiger partial charge >= 0.3 is 0 Å². The Morgan fingerprint density at radius 1 is 0.926 bits per heavy atom. The molecule has 2 aromatic carbocycles. The van der Waals surface area contributed by atoms with Gasteiger partial charge in [-0.1, -0.05) is 73.5 Å². The molecule has 0 aliphatic heterocycles. The van der Waals surface area contributed by atoms with Crippen LogP contribution in [0.25, 0.3) is 0 Å². The van der Waals surface area contributed by atoms with Gasteiger partial charge in [0.15, 0.2) is 0 Å². The zero-order chi connectivity index (χ0) is 18.9. The number of benzene rings is 2. The summed E-state index contributed by atoms with van der Waals surface area (Å²) in [6.45, 7) is 0.397. The van der Waals surface area contributed by atoms with Crippen molar-refractivity contribution in [3.63, 3.8) is 0 Å². The van der Waals surface area contributed by atoms with Gasteiger partial charge in [0.05, 0.1) is 6.04 Å². The van der Waals surface area contributed by atoms with E-state index in [-0.39, 0.29) is 23.8 Å². The van der Waals surface area contributed by atoms with Gasteiger partial charge in [0.25, 0.3) is 0 Å². The van der Waals surface area contributed by atoms with E-state index in [2.05, 4.69) is 22.8 Å². The molecule has 1 aliphatic carbocycles. The highest BCUT2D eigenvalue weighted by atomic mass is 16.2. The smallest absolute Gasteiger partial charge is 0.223 e. The molecule has 2 amide bonds. The fourth-order valence-corrected chi connectivity index (χ4v) is 3.69. The van der Waals surface area contributed by atoms with Gasteiger partial charge in [-0.15, -0.1) is 0 Å². The van der Waals surface area contributed by atoms with Gasteiger partial charge in [0, 0.05) is 18.9 Å². The van der Waals surface area contributed by atoms with Gasteiger partial charge < -0.3 is 10.6 Å². The number of rotatable bonds is 8. The molecule has 4 nitrogen and oxygen atoms in total. The lowest BCUT2D eigenvalue weighted by Gasteiger charge is -2.20. The molecule has 0 spiro atoms. The lowest BCUT2D eigenvalue weighted by molar-refractivity contribution is -0.125. The monoisotopic (exact) mass is 364 g/mol. The van der Waals surface area contributed by atoms with Crippen molar-refractivity contribution in [3.05, 3.63) is 71.8 Å². The summed E-state index contributed by atoms with van der Waals surface area (Å²) in [6, 6.07) is 20.1. The summed E-state index contributed by atoms with van der Waals surface area (Å²) in [4.78, 5) is 24.5. The summed E-state index contributed by atoms with van der Waals surface area (Å²) in [6.07, 6.45) is 5.27. The van der Waals surface area contributed by atoms with Crippen molar-refractivity contribution in [2.45, 2.75) is 44.6 Å². The van der Waals surface area contributed by atoms with E-state index in [1.54, 1.807) is 0 Å². The third kappa shape index (κ3) is 5.95. The predicted molar refractivity (Wildman–Crippen MR) is 107 cm³/mol. The predicted octanol–water partition coefficient (Wildman–Crippen LogP) is 3.78. The maximum atomic E-state index is 12.5. The van der Waals surface area contributed by atoms with Crippen molar-refractivity contribution >= 4 is 11.8 Å². The van der Waals surface area contributed by atoms with Crippen molar-refractivity contribution in [3.8, 4) is 0 Å². The first-order chi connectivity index (χ1) is 13.2. The summed E-state index contributed by atoms with van der Waals surface area (Å²) in [5.74, 6) is 0.207. The van der Waals surface area contributed by atoms with Crippen molar-refractivity contribution in [1.82, 2.24) is 10.6 Å². The van der Waals surface area contributed by atoms with Gasteiger partial charge in [0.1, 0.15) is 0 Å². The minimum atomic E-state index is -0.0772. The first-order valence-corrected chi connectivity index (χ1v) is 9.88. The van der Waals surface area contributed by atoms with Crippen LogP contribution in [0.15, 0.2) is 60.7 Å². The third-order valence-electron chi connectivity index (χ3n) is 5.20. The largest absolute Gasteiger partial charge is 0.355 e. The topological polar surface area (TPSA) is 58.2 Å². The average molecular weight is 364 g/mol. The van der Waals surface area contributed by atoms with E-state index >= 15 is 0 Å². The fraction of sp³-hybridized carbons (Fsp3) is 0.391. The van der Waals surface area contributed by atoms with Gasteiger partial charge in [0.2, 0.25) is 11.8 Å². The Morgan fingerprint density at radius 2 is 1.56 bits per heavy atom. The highest BCUT2D eigenvalue weighted by Gasteiger charge is 2.22. The molecule has 1 saturated carbocycles. The zero-order valence-electron chi connectivity index (χ0n) is 15.7. The molecule has 0 bridgehead atoms. The Labute approximate surface area is 161 Å². The molecule has 1 fully saturated rings. The second-order valence-electron chi connectivity index (χ2n) is 7.24. The van der Waals surface area contributed by atoms with E-state index in [0.29, 0.717) is 13.0 Å². The SMILES string of the molecule is O=C(CCNC(=O)C1CCCC1)NC(Cc1ccccc1)c1ccccc1. The van der Waals surface area contributed by atoms with Crippen LogP contribution in [0, 0.1) is 5.92 Å². The Balaban J connectivity index is 1.53. The van der Waals surface area contributed by atoms with E-state index in [1.165, 1.54) is 5.56 Å². The number of nitrogens with one attached hydrogen (secondary N) is 2. The van der Waals surface area contributed by atoms with Crippen LogP contribution in [0.4, 0.5) is 0 Å². The van der Waals surface area contributed by atoms with E-state index < -0.39 is 0 Å². The van der Waals surface area contributed by atoms with Crippen molar-refractivity contribution in [2.75, 3.05) is 6.54 Å². The zero-order valence-corrected chi connectivity index (χ0v) is 15.7. The number of amides is 2. The fourth-order valence-electron chi connectivity index (χ4n) is 3.69. The molecule has 0 radical (unpaired) electrons. The number of carbonyl (C=O) groups is 2. The number of carbonyl (C=O) groups excluding carboxylic acids is 2. The molecule has 2 aromatic rings. The van der Waals surface area contributed by atoms with Crippen LogP contribution in [0.2, 0.25) is 0 Å². The maximum absolute atomic E-state index is 12.5. The first kappa shape index (κ1) is 19.2. The first-order valence-electron chi connectivity index (χ1n) is 9.88. The third-order valence-corrected chi connectivity index (χ3v) is 5.20. The van der Waals surface area contributed by atoms with E-state index in [4.69, 9.17) is 0 Å². The normalized spacial score (nSPS) is 15.3. The van der Waals surface area contributed by atoms with Gasteiger partial charge in [-0.25, -0.2) is 0 Å². The lowest BCUT2D eigenvalue weighted by atomic mass is 9.98. The minimum Gasteiger partial charge on any atom is -0.355 e. The Bertz CT molecular complexity index is 725. The van der Waals surface area contributed by atoms with Crippen LogP contribution in [-0.2, 0) is 16.0 Å². The summed E-state index contributed by atoms with van der Waals surface area (Å²) < 4.78 is 0. The molecule has 1 aliphatic rings. The molecular weight excluding hydrogens is 336 g/mol. The Morgan fingerprint density at radius 3 is 2.22 bits per heavy atom. The lowest BCUT2D eigenvalue weighted by Crippen LogP contribution is -2.35. The molecule has 27 heavy (non-hydrogen) atoms. The average Bonchev–Trinajstić information content (AvgIpc) is 3.24. The molecule has 0 aromatic heterocycles. The molecule has 2 N–H and O–H groups in total. The molecular formula is C23H28N2O2. The van der Waals surface area contributed by atoms with Crippen molar-refractivity contribution < 1.29 is 9.59 Å². The van der Waals surface area contributed by atoms with Gasteiger partial charge in [-0.3, -0.25) is 9.59 Å². The van der Waals surface area contributed by atoms with E-state index in [0.717, 1.165) is 37.7 Å². The van der Waals surface area contributed by atoms with E-state index in [9.17, 15) is 9.59 Å². The molecule has 1 unspecified atom stereocenters. The van der Waals surface area contributed by atoms with Gasteiger partial charge in [-0.2, -0.15) is 0 Å². The highest BCUT2D eigenvalue weighted by Crippen LogP contribution is 2.24. The molecule has 3 rings (SSSR count). The minimum absolute atomic E-state index is 0.0356. The van der Waals surface area contributed by atoms with Crippen LogP contribution >= 0.6 is 0 Å².